The molecule has 1 saturated carbocycles. The van der Waals surface area contributed by atoms with Gasteiger partial charge in [0.05, 0.1) is 5.69 Å². The third kappa shape index (κ3) is 2.84. The van der Waals surface area contributed by atoms with E-state index in [1.807, 2.05) is 0 Å². The summed E-state index contributed by atoms with van der Waals surface area (Å²) in [5.74, 6) is 0.211. The Morgan fingerprint density at radius 1 is 1.47 bits per heavy atom. The van der Waals surface area contributed by atoms with E-state index in [1.54, 1.807) is 12.1 Å². The van der Waals surface area contributed by atoms with Gasteiger partial charge in [0.25, 0.3) is 0 Å². The molecule has 0 atom stereocenters. The summed E-state index contributed by atoms with van der Waals surface area (Å²) in [5, 5.41) is 0. The molecule has 1 aliphatic carbocycles. The number of carbonyl (C=O) groups excluding carboxylic acids is 1. The summed E-state index contributed by atoms with van der Waals surface area (Å²) in [7, 11) is 0. The SMILES string of the molecule is CC(C)CN(c1ccc(C=O)cc1F)C1CC1. The van der Waals surface area contributed by atoms with Crippen LogP contribution in [0, 0.1) is 11.7 Å². The first-order chi connectivity index (χ1) is 8.11. The van der Waals surface area contributed by atoms with E-state index in [9.17, 15) is 9.18 Å². The van der Waals surface area contributed by atoms with E-state index in [4.69, 9.17) is 0 Å². The monoisotopic (exact) mass is 235 g/mol. The van der Waals surface area contributed by atoms with Gasteiger partial charge in [-0.1, -0.05) is 13.8 Å². The van der Waals surface area contributed by atoms with E-state index < -0.39 is 0 Å². The second-order valence-corrected chi connectivity index (χ2v) is 5.11. The molecule has 0 radical (unpaired) electrons. The number of hydrogen-bond donors (Lipinski definition) is 0. The minimum absolute atomic E-state index is 0.290. The minimum atomic E-state index is -0.290. The predicted molar refractivity (Wildman–Crippen MR) is 67.0 cm³/mol. The molecular formula is C14H18FNO. The Hall–Kier alpha value is -1.38. The van der Waals surface area contributed by atoms with Gasteiger partial charge in [0.15, 0.2) is 0 Å². The average molecular weight is 235 g/mol. The standard InChI is InChI=1S/C14H18FNO/c1-10(2)8-16(12-4-5-12)14-6-3-11(9-17)7-13(14)15/h3,6-7,9-10,12H,4-5,8H2,1-2H3. The van der Waals surface area contributed by atoms with Crippen molar-refractivity contribution in [2.24, 2.45) is 5.92 Å². The average Bonchev–Trinajstić information content (AvgIpc) is 3.09. The zero-order valence-corrected chi connectivity index (χ0v) is 10.3. The number of aldehydes is 1. The lowest BCUT2D eigenvalue weighted by Crippen LogP contribution is -2.30. The summed E-state index contributed by atoms with van der Waals surface area (Å²) in [5.41, 5.74) is 1.03. The molecular weight excluding hydrogens is 217 g/mol. The Morgan fingerprint density at radius 3 is 2.65 bits per heavy atom. The van der Waals surface area contributed by atoms with Crippen LogP contribution in [0.5, 0.6) is 0 Å². The molecule has 0 heterocycles. The van der Waals surface area contributed by atoms with Crippen LogP contribution in [0.25, 0.3) is 0 Å². The maximum absolute atomic E-state index is 13.9. The van der Waals surface area contributed by atoms with Crippen LogP contribution in [0.3, 0.4) is 0 Å². The lowest BCUT2D eigenvalue weighted by molar-refractivity contribution is 0.112. The van der Waals surface area contributed by atoms with Gasteiger partial charge in [-0.15, -0.1) is 0 Å². The van der Waals surface area contributed by atoms with Crippen molar-refractivity contribution in [2.75, 3.05) is 11.4 Å². The molecule has 2 rings (SSSR count). The van der Waals surface area contributed by atoms with Gasteiger partial charge in [0.2, 0.25) is 0 Å². The van der Waals surface area contributed by atoms with Crippen molar-refractivity contribution in [3.8, 4) is 0 Å². The lowest BCUT2D eigenvalue weighted by atomic mass is 10.1. The second kappa shape index (κ2) is 4.86. The van der Waals surface area contributed by atoms with Gasteiger partial charge < -0.3 is 4.90 Å². The van der Waals surface area contributed by atoms with Gasteiger partial charge in [-0.3, -0.25) is 4.79 Å². The molecule has 1 aromatic carbocycles. The molecule has 0 bridgehead atoms. The maximum Gasteiger partial charge on any atom is 0.150 e. The summed E-state index contributed by atoms with van der Waals surface area (Å²) in [6.07, 6.45) is 2.96. The Kier molecular flexibility index (Phi) is 3.46. The molecule has 17 heavy (non-hydrogen) atoms. The minimum Gasteiger partial charge on any atom is -0.366 e. The van der Waals surface area contributed by atoms with Crippen molar-refractivity contribution in [2.45, 2.75) is 32.7 Å². The Morgan fingerprint density at radius 2 is 2.18 bits per heavy atom. The smallest absolute Gasteiger partial charge is 0.150 e. The number of halogens is 1. The van der Waals surface area contributed by atoms with Crippen LogP contribution in [0.1, 0.15) is 37.0 Å². The topological polar surface area (TPSA) is 20.3 Å². The highest BCUT2D eigenvalue weighted by atomic mass is 19.1. The van der Waals surface area contributed by atoms with Gasteiger partial charge >= 0.3 is 0 Å². The third-order valence-electron chi connectivity index (χ3n) is 2.97. The van der Waals surface area contributed by atoms with Gasteiger partial charge in [-0.25, -0.2) is 4.39 Å². The Balaban J connectivity index is 2.25. The van der Waals surface area contributed by atoms with E-state index >= 15 is 0 Å². The molecule has 2 nitrogen and oxygen atoms in total. The van der Waals surface area contributed by atoms with Crippen molar-refractivity contribution in [1.82, 2.24) is 0 Å². The van der Waals surface area contributed by atoms with Gasteiger partial charge in [-0.2, -0.15) is 0 Å². The van der Waals surface area contributed by atoms with Crippen LogP contribution in [-0.2, 0) is 0 Å². The Bertz CT molecular complexity index is 413. The fraction of sp³-hybridized carbons (Fsp3) is 0.500. The summed E-state index contributed by atoms with van der Waals surface area (Å²) < 4.78 is 13.9. The molecule has 0 aliphatic heterocycles. The molecule has 3 heteroatoms. The van der Waals surface area contributed by atoms with Gasteiger partial charge in [-0.05, 0) is 37.0 Å². The predicted octanol–water partition coefficient (Wildman–Crippen LogP) is 3.26. The lowest BCUT2D eigenvalue weighted by Gasteiger charge is -2.27. The third-order valence-corrected chi connectivity index (χ3v) is 2.97. The van der Waals surface area contributed by atoms with Crippen LogP contribution < -0.4 is 4.90 Å². The number of nitrogens with zero attached hydrogens (tertiary/aromatic N) is 1. The fourth-order valence-electron chi connectivity index (χ4n) is 2.05. The van der Waals surface area contributed by atoms with Crippen molar-refractivity contribution >= 4 is 12.0 Å². The van der Waals surface area contributed by atoms with E-state index in [-0.39, 0.29) is 5.82 Å². The van der Waals surface area contributed by atoms with Crippen molar-refractivity contribution in [1.29, 1.82) is 0 Å². The van der Waals surface area contributed by atoms with Crippen molar-refractivity contribution in [3.05, 3.63) is 29.6 Å². The highest BCUT2D eigenvalue weighted by Crippen LogP contribution is 2.33. The van der Waals surface area contributed by atoms with Crippen LogP contribution in [-0.4, -0.2) is 18.9 Å². The van der Waals surface area contributed by atoms with Crippen LogP contribution >= 0.6 is 0 Å². The maximum atomic E-state index is 13.9. The van der Waals surface area contributed by atoms with Crippen molar-refractivity contribution < 1.29 is 9.18 Å². The first-order valence-electron chi connectivity index (χ1n) is 6.13. The van der Waals surface area contributed by atoms with E-state index in [1.165, 1.54) is 6.07 Å². The highest BCUT2D eigenvalue weighted by molar-refractivity contribution is 5.76. The number of rotatable bonds is 5. The molecule has 1 fully saturated rings. The van der Waals surface area contributed by atoms with Crippen LogP contribution in [0.15, 0.2) is 18.2 Å². The van der Waals surface area contributed by atoms with E-state index in [0.717, 1.165) is 19.4 Å². The molecule has 0 spiro atoms. The molecule has 1 aromatic rings. The number of anilines is 1. The molecule has 0 unspecified atom stereocenters. The van der Waals surface area contributed by atoms with E-state index in [2.05, 4.69) is 18.7 Å². The summed E-state index contributed by atoms with van der Waals surface area (Å²) >= 11 is 0. The van der Waals surface area contributed by atoms with Gasteiger partial charge in [0.1, 0.15) is 12.1 Å². The number of benzene rings is 1. The van der Waals surface area contributed by atoms with E-state index in [0.29, 0.717) is 29.5 Å². The highest BCUT2D eigenvalue weighted by Gasteiger charge is 2.30. The van der Waals surface area contributed by atoms with Gasteiger partial charge in [0, 0.05) is 18.2 Å². The molecule has 0 aromatic heterocycles. The largest absolute Gasteiger partial charge is 0.366 e. The normalized spacial score (nSPS) is 15.1. The summed E-state index contributed by atoms with van der Waals surface area (Å²) in [6.45, 7) is 5.13. The molecule has 1 aliphatic rings. The van der Waals surface area contributed by atoms with Crippen LogP contribution in [0.2, 0.25) is 0 Å². The van der Waals surface area contributed by atoms with Crippen LogP contribution in [0.4, 0.5) is 10.1 Å². The number of carbonyl (C=O) groups is 1. The quantitative estimate of drug-likeness (QED) is 0.730. The Labute approximate surface area is 101 Å². The zero-order valence-electron chi connectivity index (χ0n) is 10.3. The second-order valence-electron chi connectivity index (χ2n) is 5.11. The molecule has 0 saturated heterocycles. The fourth-order valence-corrected chi connectivity index (χ4v) is 2.05. The summed E-state index contributed by atoms with van der Waals surface area (Å²) in [4.78, 5) is 12.7. The summed E-state index contributed by atoms with van der Waals surface area (Å²) in [6, 6.07) is 5.20. The number of hydrogen-bond acceptors (Lipinski definition) is 2. The molecule has 0 amide bonds. The zero-order chi connectivity index (χ0) is 12.4. The first kappa shape index (κ1) is 12.1. The van der Waals surface area contributed by atoms with Crippen molar-refractivity contribution in [3.63, 3.8) is 0 Å². The first-order valence-corrected chi connectivity index (χ1v) is 6.13. The molecule has 92 valence electrons. The molecule has 0 N–H and O–H groups in total.